The molecule has 0 aliphatic heterocycles. The summed E-state index contributed by atoms with van der Waals surface area (Å²) in [5.74, 6) is -0.180. The number of pyridine rings is 1. The third-order valence-electron chi connectivity index (χ3n) is 5.26. The van der Waals surface area contributed by atoms with E-state index in [1.807, 2.05) is 49.4 Å². The molecule has 1 heterocycles. The van der Waals surface area contributed by atoms with Gasteiger partial charge in [-0.05, 0) is 42.3 Å². The average molecular weight is 409 g/mol. The number of esters is 1. The second-order valence-corrected chi connectivity index (χ2v) is 7.32. The minimum absolute atomic E-state index is 0.180. The predicted molar refractivity (Wildman–Crippen MR) is 124 cm³/mol. The lowest BCUT2D eigenvalue weighted by atomic mass is 9.99. The van der Waals surface area contributed by atoms with Crippen molar-refractivity contribution in [3.8, 4) is 33.6 Å². The van der Waals surface area contributed by atoms with Gasteiger partial charge in [0, 0.05) is 23.3 Å². The summed E-state index contributed by atoms with van der Waals surface area (Å²) >= 11 is 0. The first-order valence-electron chi connectivity index (χ1n) is 10.7. The maximum absolute atomic E-state index is 12.2. The molecule has 0 aliphatic carbocycles. The Bertz CT molecular complexity index is 1080. The number of rotatable bonds is 7. The lowest BCUT2D eigenvalue weighted by Gasteiger charge is -2.13. The molecular weight excluding hydrogens is 382 g/mol. The summed E-state index contributed by atoms with van der Waals surface area (Å²) in [5.41, 5.74) is 6.68. The summed E-state index contributed by atoms with van der Waals surface area (Å²) in [6.45, 7) is 2.78. The van der Waals surface area contributed by atoms with Crippen LogP contribution in [-0.4, -0.2) is 12.6 Å². The van der Waals surface area contributed by atoms with E-state index in [0.717, 1.165) is 33.6 Å². The van der Waals surface area contributed by atoms with Crippen molar-refractivity contribution in [2.45, 2.75) is 19.9 Å². The topological polar surface area (TPSA) is 30.2 Å². The van der Waals surface area contributed by atoms with Crippen molar-refractivity contribution < 1.29 is 14.1 Å². The van der Waals surface area contributed by atoms with E-state index in [2.05, 4.69) is 65.2 Å². The van der Waals surface area contributed by atoms with Crippen molar-refractivity contribution in [2.75, 3.05) is 6.61 Å². The fraction of sp³-hybridized carbons (Fsp3) is 0.143. The zero-order valence-electron chi connectivity index (χ0n) is 17.7. The molecule has 31 heavy (non-hydrogen) atoms. The number of hydrogen-bond donors (Lipinski definition) is 0. The molecule has 0 unspecified atom stereocenters. The van der Waals surface area contributed by atoms with Crippen molar-refractivity contribution in [2.24, 2.45) is 0 Å². The molecule has 3 heteroatoms. The highest BCUT2D eigenvalue weighted by Gasteiger charge is 2.23. The van der Waals surface area contributed by atoms with Gasteiger partial charge >= 0.3 is 5.97 Å². The van der Waals surface area contributed by atoms with Crippen molar-refractivity contribution in [3.05, 3.63) is 103 Å². The lowest BCUT2D eigenvalue weighted by Crippen LogP contribution is -2.40. The van der Waals surface area contributed by atoms with Gasteiger partial charge in [-0.15, -0.1) is 0 Å². The smallest absolute Gasteiger partial charge is 0.312 e. The molecule has 0 amide bonds. The molecule has 0 saturated carbocycles. The van der Waals surface area contributed by atoms with Gasteiger partial charge in [0.1, 0.15) is 6.42 Å². The minimum Gasteiger partial charge on any atom is -0.466 e. The Morgan fingerprint density at radius 1 is 0.677 bits per heavy atom. The van der Waals surface area contributed by atoms with Crippen LogP contribution in [0.1, 0.15) is 13.3 Å². The molecule has 4 rings (SSSR count). The normalized spacial score (nSPS) is 10.6. The molecule has 3 nitrogen and oxygen atoms in total. The van der Waals surface area contributed by atoms with Gasteiger partial charge in [0.25, 0.3) is 0 Å². The average Bonchev–Trinajstić information content (AvgIpc) is 2.84. The number of nitrogens with zero attached hydrogens (tertiary/aromatic N) is 1. The zero-order valence-corrected chi connectivity index (χ0v) is 17.7. The summed E-state index contributed by atoms with van der Waals surface area (Å²) in [6, 6.07) is 35.5. The van der Waals surface area contributed by atoms with Crippen molar-refractivity contribution in [3.63, 3.8) is 0 Å². The molecule has 0 N–H and O–H groups in total. The fourth-order valence-electron chi connectivity index (χ4n) is 3.79. The molecule has 154 valence electrons. The van der Waals surface area contributed by atoms with Crippen LogP contribution in [0.5, 0.6) is 0 Å². The maximum atomic E-state index is 12.2. The zero-order chi connectivity index (χ0) is 21.5. The van der Waals surface area contributed by atoms with E-state index >= 15 is 0 Å². The molecule has 3 aromatic carbocycles. The van der Waals surface area contributed by atoms with Gasteiger partial charge in [0.05, 0.1) is 6.61 Å². The monoisotopic (exact) mass is 408 g/mol. The highest BCUT2D eigenvalue weighted by molar-refractivity contribution is 5.74. The fourth-order valence-corrected chi connectivity index (χ4v) is 3.79. The van der Waals surface area contributed by atoms with Gasteiger partial charge in [0.15, 0.2) is 6.54 Å². The van der Waals surface area contributed by atoms with Crippen LogP contribution < -0.4 is 4.57 Å². The second kappa shape index (κ2) is 9.86. The van der Waals surface area contributed by atoms with Crippen LogP contribution in [0.2, 0.25) is 0 Å². The maximum Gasteiger partial charge on any atom is 0.312 e. The number of carbonyl (C=O) groups is 1. The first-order chi connectivity index (χ1) is 15.3. The number of carbonyl (C=O) groups excluding carboxylic acids is 1. The van der Waals surface area contributed by atoms with Crippen molar-refractivity contribution in [1.82, 2.24) is 0 Å². The Morgan fingerprint density at radius 2 is 1.13 bits per heavy atom. The standard InChI is InChI=1S/C28H26NO2/c1-2-31-28(30)18-19-29-26(23-14-8-4-9-15-23)20-25(22-12-6-3-7-13-22)21-27(29)24-16-10-5-11-17-24/h3-17,20-21H,2,18-19H2,1H3/q+1. The van der Waals surface area contributed by atoms with Crippen LogP contribution in [0.4, 0.5) is 0 Å². The molecule has 0 aliphatic rings. The van der Waals surface area contributed by atoms with Crippen LogP contribution in [0.15, 0.2) is 103 Å². The molecule has 0 saturated heterocycles. The summed E-state index contributed by atoms with van der Waals surface area (Å²) in [7, 11) is 0. The summed E-state index contributed by atoms with van der Waals surface area (Å²) in [5, 5.41) is 0. The van der Waals surface area contributed by atoms with Gasteiger partial charge < -0.3 is 4.74 Å². The van der Waals surface area contributed by atoms with Gasteiger partial charge in [-0.3, -0.25) is 4.79 Å². The lowest BCUT2D eigenvalue weighted by molar-refractivity contribution is -0.674. The van der Waals surface area contributed by atoms with E-state index in [-0.39, 0.29) is 5.97 Å². The van der Waals surface area contributed by atoms with E-state index in [9.17, 15) is 4.79 Å². The van der Waals surface area contributed by atoms with Gasteiger partial charge in [-0.1, -0.05) is 66.7 Å². The van der Waals surface area contributed by atoms with Gasteiger partial charge in [-0.25, -0.2) is 0 Å². The molecule has 4 aromatic rings. The molecule has 0 fully saturated rings. The van der Waals surface area contributed by atoms with E-state index in [1.165, 1.54) is 0 Å². The Kier molecular flexibility index (Phi) is 6.53. The van der Waals surface area contributed by atoms with E-state index in [1.54, 1.807) is 0 Å². The molecule has 0 radical (unpaired) electrons. The molecule has 0 atom stereocenters. The first-order valence-corrected chi connectivity index (χ1v) is 10.7. The van der Waals surface area contributed by atoms with Crippen LogP contribution >= 0.6 is 0 Å². The molecule has 0 spiro atoms. The Hall–Kier alpha value is -3.72. The van der Waals surface area contributed by atoms with Gasteiger partial charge in [0.2, 0.25) is 11.4 Å². The first kappa shape index (κ1) is 20.5. The van der Waals surface area contributed by atoms with E-state index in [0.29, 0.717) is 19.6 Å². The summed E-state index contributed by atoms with van der Waals surface area (Å²) < 4.78 is 7.43. The number of ether oxygens (including phenoxy) is 1. The van der Waals surface area contributed by atoms with Gasteiger partial charge in [-0.2, -0.15) is 4.57 Å². The third-order valence-corrected chi connectivity index (χ3v) is 5.26. The van der Waals surface area contributed by atoms with E-state index in [4.69, 9.17) is 4.74 Å². The number of aromatic nitrogens is 1. The highest BCUT2D eigenvalue weighted by Crippen LogP contribution is 2.29. The summed E-state index contributed by atoms with van der Waals surface area (Å²) in [4.78, 5) is 12.2. The van der Waals surface area contributed by atoms with Crippen LogP contribution in [-0.2, 0) is 16.1 Å². The Morgan fingerprint density at radius 3 is 1.58 bits per heavy atom. The molecule has 0 bridgehead atoms. The predicted octanol–water partition coefficient (Wildman–Crippen LogP) is 5.93. The van der Waals surface area contributed by atoms with Crippen LogP contribution in [0.25, 0.3) is 33.6 Å². The third kappa shape index (κ3) is 4.89. The SMILES string of the molecule is CCOC(=O)CC[n+]1c(-c2ccccc2)cc(-c2ccccc2)cc1-c1ccccc1. The second-order valence-electron chi connectivity index (χ2n) is 7.32. The van der Waals surface area contributed by atoms with E-state index < -0.39 is 0 Å². The Labute approximate surface area is 183 Å². The Balaban J connectivity index is 1.92. The van der Waals surface area contributed by atoms with Crippen LogP contribution in [0, 0.1) is 0 Å². The van der Waals surface area contributed by atoms with Crippen LogP contribution in [0.3, 0.4) is 0 Å². The quantitative estimate of drug-likeness (QED) is 0.280. The minimum atomic E-state index is -0.180. The molecular formula is C28H26NO2+. The number of hydrogen-bond acceptors (Lipinski definition) is 2. The largest absolute Gasteiger partial charge is 0.466 e. The van der Waals surface area contributed by atoms with Crippen molar-refractivity contribution in [1.29, 1.82) is 0 Å². The van der Waals surface area contributed by atoms with Crippen molar-refractivity contribution >= 4 is 5.97 Å². The highest BCUT2D eigenvalue weighted by atomic mass is 16.5. The number of benzene rings is 3. The molecule has 1 aromatic heterocycles. The summed E-state index contributed by atoms with van der Waals surface area (Å²) in [6.07, 6.45) is 0.322.